The SMILES string of the molecule is Cc1nc(Nc2ccccc2C(C)C)cc(C(=O)Nc2ccc3c(c2)OCO3)n1. The van der Waals surface area contributed by atoms with Gasteiger partial charge in [-0.25, -0.2) is 9.97 Å². The smallest absolute Gasteiger partial charge is 0.274 e. The molecule has 0 saturated heterocycles. The molecule has 0 atom stereocenters. The van der Waals surface area contributed by atoms with Gasteiger partial charge < -0.3 is 20.1 Å². The van der Waals surface area contributed by atoms with Crippen molar-refractivity contribution >= 4 is 23.1 Å². The van der Waals surface area contributed by atoms with Crippen molar-refractivity contribution in [2.24, 2.45) is 0 Å². The van der Waals surface area contributed by atoms with Crippen LogP contribution in [-0.2, 0) is 0 Å². The molecule has 1 aliphatic rings. The van der Waals surface area contributed by atoms with E-state index in [0.29, 0.717) is 34.7 Å². The number of hydrogen-bond acceptors (Lipinski definition) is 6. The average Bonchev–Trinajstić information content (AvgIpc) is 3.15. The maximum absolute atomic E-state index is 12.7. The van der Waals surface area contributed by atoms with Gasteiger partial charge in [0.15, 0.2) is 11.5 Å². The van der Waals surface area contributed by atoms with Crippen LogP contribution in [0.4, 0.5) is 17.2 Å². The number of fused-ring (bicyclic) bond motifs is 1. The molecule has 0 aliphatic carbocycles. The van der Waals surface area contributed by atoms with E-state index in [1.807, 2.05) is 18.2 Å². The van der Waals surface area contributed by atoms with Crippen molar-refractivity contribution in [1.29, 1.82) is 0 Å². The van der Waals surface area contributed by atoms with Crippen molar-refractivity contribution in [2.75, 3.05) is 17.4 Å². The van der Waals surface area contributed by atoms with E-state index >= 15 is 0 Å². The Balaban J connectivity index is 1.56. The van der Waals surface area contributed by atoms with E-state index in [1.165, 1.54) is 5.56 Å². The van der Waals surface area contributed by atoms with Crippen LogP contribution in [0, 0.1) is 6.92 Å². The third-order valence-electron chi connectivity index (χ3n) is 4.55. The minimum atomic E-state index is -0.324. The molecule has 2 aromatic carbocycles. The highest BCUT2D eigenvalue weighted by atomic mass is 16.7. The fraction of sp³-hybridized carbons (Fsp3) is 0.227. The second-order valence-corrected chi connectivity index (χ2v) is 7.07. The number of aryl methyl sites for hydroxylation is 1. The van der Waals surface area contributed by atoms with E-state index in [-0.39, 0.29) is 18.4 Å². The van der Waals surface area contributed by atoms with Crippen LogP contribution in [-0.4, -0.2) is 22.7 Å². The van der Waals surface area contributed by atoms with Crippen LogP contribution < -0.4 is 20.1 Å². The predicted octanol–water partition coefficient (Wildman–Crippen LogP) is 4.63. The molecule has 0 saturated carbocycles. The van der Waals surface area contributed by atoms with E-state index in [4.69, 9.17) is 9.47 Å². The van der Waals surface area contributed by atoms with Crippen molar-refractivity contribution in [3.05, 3.63) is 65.6 Å². The first-order valence-electron chi connectivity index (χ1n) is 9.42. The maximum Gasteiger partial charge on any atom is 0.274 e. The largest absolute Gasteiger partial charge is 0.454 e. The van der Waals surface area contributed by atoms with Gasteiger partial charge in [0.25, 0.3) is 5.91 Å². The molecule has 0 radical (unpaired) electrons. The number of benzene rings is 2. The summed E-state index contributed by atoms with van der Waals surface area (Å²) in [5.74, 6) is 2.38. The Hall–Kier alpha value is -3.61. The van der Waals surface area contributed by atoms with Crippen LogP contribution in [0.2, 0.25) is 0 Å². The summed E-state index contributed by atoms with van der Waals surface area (Å²) in [5.41, 5.74) is 3.02. The van der Waals surface area contributed by atoms with Crippen LogP contribution in [0.3, 0.4) is 0 Å². The first-order chi connectivity index (χ1) is 14.0. The zero-order valence-electron chi connectivity index (χ0n) is 16.5. The molecule has 0 spiro atoms. The number of carbonyl (C=O) groups excluding carboxylic acids is 1. The Morgan fingerprint density at radius 1 is 1.03 bits per heavy atom. The molecule has 2 N–H and O–H groups in total. The molecule has 148 valence electrons. The number of anilines is 3. The van der Waals surface area contributed by atoms with Gasteiger partial charge in [0, 0.05) is 23.5 Å². The van der Waals surface area contributed by atoms with Crippen molar-refractivity contribution in [3.63, 3.8) is 0 Å². The number of nitrogens with one attached hydrogen (secondary N) is 2. The number of aromatic nitrogens is 2. The number of amides is 1. The molecule has 7 nitrogen and oxygen atoms in total. The standard InChI is InChI=1S/C22H22N4O3/c1-13(2)16-6-4-5-7-17(16)26-21-11-18(23-14(3)24-21)22(27)25-15-8-9-19-20(10-15)29-12-28-19/h4-11,13H,12H2,1-3H3,(H,25,27)(H,23,24,26). The molecule has 0 fully saturated rings. The molecule has 4 rings (SSSR count). The molecule has 1 aliphatic heterocycles. The van der Waals surface area contributed by atoms with Crippen LogP contribution in [0.1, 0.15) is 41.6 Å². The summed E-state index contributed by atoms with van der Waals surface area (Å²) in [7, 11) is 0. The summed E-state index contributed by atoms with van der Waals surface area (Å²) in [6.45, 7) is 6.22. The molecule has 29 heavy (non-hydrogen) atoms. The van der Waals surface area contributed by atoms with E-state index in [1.54, 1.807) is 31.2 Å². The van der Waals surface area contributed by atoms with Crippen molar-refractivity contribution < 1.29 is 14.3 Å². The van der Waals surface area contributed by atoms with Gasteiger partial charge in [0.2, 0.25) is 6.79 Å². The molecule has 0 unspecified atom stereocenters. The molecule has 1 amide bonds. The Labute approximate surface area is 169 Å². The minimum Gasteiger partial charge on any atom is -0.454 e. The van der Waals surface area contributed by atoms with E-state index < -0.39 is 0 Å². The zero-order chi connectivity index (χ0) is 20.4. The molecule has 0 bridgehead atoms. The molecule has 7 heteroatoms. The summed E-state index contributed by atoms with van der Waals surface area (Å²) < 4.78 is 10.6. The number of para-hydroxylation sites is 1. The lowest BCUT2D eigenvalue weighted by atomic mass is 10.0. The number of hydrogen-bond donors (Lipinski definition) is 2. The topological polar surface area (TPSA) is 85.4 Å². The van der Waals surface area contributed by atoms with E-state index in [2.05, 4.69) is 40.5 Å². The van der Waals surface area contributed by atoms with Gasteiger partial charge in [-0.3, -0.25) is 4.79 Å². The fourth-order valence-corrected chi connectivity index (χ4v) is 3.17. The summed E-state index contributed by atoms with van der Waals surface area (Å²) in [6, 6.07) is 15.0. The lowest BCUT2D eigenvalue weighted by Gasteiger charge is -2.15. The van der Waals surface area contributed by atoms with Gasteiger partial charge in [-0.05, 0) is 36.6 Å². The highest BCUT2D eigenvalue weighted by Gasteiger charge is 2.16. The van der Waals surface area contributed by atoms with Gasteiger partial charge >= 0.3 is 0 Å². The first-order valence-corrected chi connectivity index (χ1v) is 9.42. The summed E-state index contributed by atoms with van der Waals surface area (Å²) in [4.78, 5) is 21.5. The normalized spacial score (nSPS) is 12.1. The molecule has 3 aromatic rings. The second kappa shape index (κ2) is 7.79. The van der Waals surface area contributed by atoms with Crippen molar-refractivity contribution in [2.45, 2.75) is 26.7 Å². The van der Waals surface area contributed by atoms with Crippen LogP contribution >= 0.6 is 0 Å². The van der Waals surface area contributed by atoms with E-state index in [9.17, 15) is 4.79 Å². The minimum absolute atomic E-state index is 0.185. The van der Waals surface area contributed by atoms with Crippen molar-refractivity contribution in [3.8, 4) is 11.5 Å². The van der Waals surface area contributed by atoms with Gasteiger partial charge in [-0.15, -0.1) is 0 Å². The number of nitrogens with zero attached hydrogens (tertiary/aromatic N) is 2. The third-order valence-corrected chi connectivity index (χ3v) is 4.55. The highest BCUT2D eigenvalue weighted by Crippen LogP contribution is 2.34. The fourth-order valence-electron chi connectivity index (χ4n) is 3.17. The quantitative estimate of drug-likeness (QED) is 0.660. The van der Waals surface area contributed by atoms with Gasteiger partial charge in [0.05, 0.1) is 0 Å². The van der Waals surface area contributed by atoms with Crippen LogP contribution in [0.5, 0.6) is 11.5 Å². The molecule has 1 aromatic heterocycles. The van der Waals surface area contributed by atoms with Crippen LogP contribution in [0.15, 0.2) is 48.5 Å². The number of rotatable bonds is 5. The monoisotopic (exact) mass is 390 g/mol. The van der Waals surface area contributed by atoms with Crippen LogP contribution in [0.25, 0.3) is 0 Å². The Morgan fingerprint density at radius 3 is 2.66 bits per heavy atom. The van der Waals surface area contributed by atoms with E-state index in [0.717, 1.165) is 5.69 Å². The zero-order valence-corrected chi connectivity index (χ0v) is 16.5. The summed E-state index contributed by atoms with van der Waals surface area (Å²) >= 11 is 0. The van der Waals surface area contributed by atoms with Gasteiger partial charge in [-0.1, -0.05) is 32.0 Å². The average molecular weight is 390 g/mol. The molecular weight excluding hydrogens is 368 g/mol. The summed E-state index contributed by atoms with van der Waals surface area (Å²) in [5, 5.41) is 6.16. The third kappa shape index (κ3) is 4.13. The Bertz CT molecular complexity index is 1070. The maximum atomic E-state index is 12.7. The van der Waals surface area contributed by atoms with Crippen molar-refractivity contribution in [1.82, 2.24) is 9.97 Å². The van der Waals surface area contributed by atoms with Gasteiger partial charge in [-0.2, -0.15) is 0 Å². The van der Waals surface area contributed by atoms with Gasteiger partial charge in [0.1, 0.15) is 17.3 Å². The Kier molecular flexibility index (Phi) is 5.03. The molecular formula is C22H22N4O3. The lowest BCUT2D eigenvalue weighted by Crippen LogP contribution is -2.15. The predicted molar refractivity (Wildman–Crippen MR) is 111 cm³/mol. The first kappa shape index (κ1) is 18.7. The molecule has 2 heterocycles. The summed E-state index contributed by atoms with van der Waals surface area (Å²) in [6.07, 6.45) is 0. The lowest BCUT2D eigenvalue weighted by molar-refractivity contribution is 0.102. The Morgan fingerprint density at radius 2 is 1.83 bits per heavy atom. The second-order valence-electron chi connectivity index (χ2n) is 7.07. The highest BCUT2D eigenvalue weighted by molar-refractivity contribution is 6.03. The number of ether oxygens (including phenoxy) is 2. The number of carbonyl (C=O) groups is 1.